The molecule has 0 spiro atoms. The van der Waals surface area contributed by atoms with E-state index in [1.165, 1.54) is 4.90 Å². The molecule has 2 atom stereocenters. The van der Waals surface area contributed by atoms with Crippen LogP contribution in [0.5, 0.6) is 0 Å². The predicted octanol–water partition coefficient (Wildman–Crippen LogP) is 2.30. The Labute approximate surface area is 113 Å². The zero-order valence-corrected chi connectivity index (χ0v) is 11.1. The van der Waals surface area contributed by atoms with Crippen molar-refractivity contribution in [2.45, 2.75) is 12.8 Å². The second-order valence-corrected chi connectivity index (χ2v) is 5.30. The molecule has 2 amide bonds. The number of halogens is 1. The summed E-state index contributed by atoms with van der Waals surface area (Å²) in [6, 6.07) is 5.22. The standard InChI is InChI=1S/C13H11BrN2O2/c14-10-6-3-7-11(15-10)16-12(17)8-4-1-2-5-9(8)13(16)18/h1-3,6-9H,4-5H2. The fourth-order valence-electron chi connectivity index (χ4n) is 2.55. The maximum Gasteiger partial charge on any atom is 0.239 e. The van der Waals surface area contributed by atoms with Crippen LogP contribution in [0.1, 0.15) is 12.8 Å². The van der Waals surface area contributed by atoms with Crippen molar-refractivity contribution in [1.82, 2.24) is 4.98 Å². The van der Waals surface area contributed by atoms with Crippen molar-refractivity contribution in [3.05, 3.63) is 35.0 Å². The summed E-state index contributed by atoms with van der Waals surface area (Å²) in [7, 11) is 0. The van der Waals surface area contributed by atoms with Gasteiger partial charge in [-0.3, -0.25) is 9.59 Å². The summed E-state index contributed by atoms with van der Waals surface area (Å²) >= 11 is 3.25. The quantitative estimate of drug-likeness (QED) is 0.454. The zero-order chi connectivity index (χ0) is 12.7. The number of pyridine rings is 1. The van der Waals surface area contributed by atoms with Crippen molar-refractivity contribution in [1.29, 1.82) is 0 Å². The molecule has 0 aromatic carbocycles. The van der Waals surface area contributed by atoms with E-state index in [4.69, 9.17) is 0 Å². The Bertz CT molecular complexity index is 530. The van der Waals surface area contributed by atoms with Gasteiger partial charge in [0, 0.05) is 0 Å². The van der Waals surface area contributed by atoms with Crippen molar-refractivity contribution >= 4 is 33.6 Å². The Morgan fingerprint density at radius 3 is 2.28 bits per heavy atom. The lowest BCUT2D eigenvalue weighted by Gasteiger charge is -2.14. The number of hydrogen-bond acceptors (Lipinski definition) is 3. The summed E-state index contributed by atoms with van der Waals surface area (Å²) in [6.07, 6.45) is 5.26. The van der Waals surface area contributed by atoms with Gasteiger partial charge < -0.3 is 0 Å². The highest BCUT2D eigenvalue weighted by Gasteiger charge is 2.48. The van der Waals surface area contributed by atoms with E-state index >= 15 is 0 Å². The highest BCUT2D eigenvalue weighted by molar-refractivity contribution is 9.10. The zero-order valence-electron chi connectivity index (χ0n) is 9.54. The van der Waals surface area contributed by atoms with E-state index in [1.54, 1.807) is 18.2 Å². The highest BCUT2D eigenvalue weighted by Crippen LogP contribution is 2.37. The Hall–Kier alpha value is -1.49. The Kier molecular flexibility index (Phi) is 2.78. The van der Waals surface area contributed by atoms with Gasteiger partial charge in [-0.25, -0.2) is 9.88 Å². The van der Waals surface area contributed by atoms with Gasteiger partial charge in [-0.2, -0.15) is 0 Å². The number of aromatic nitrogens is 1. The molecule has 2 unspecified atom stereocenters. The van der Waals surface area contributed by atoms with Gasteiger partial charge in [0.1, 0.15) is 10.4 Å². The van der Waals surface area contributed by atoms with Crippen molar-refractivity contribution in [2.75, 3.05) is 4.90 Å². The van der Waals surface area contributed by atoms with Crippen LogP contribution in [0.4, 0.5) is 5.82 Å². The second-order valence-electron chi connectivity index (χ2n) is 4.49. The first kappa shape index (κ1) is 11.6. The third-order valence-corrected chi connectivity index (χ3v) is 3.88. The van der Waals surface area contributed by atoms with E-state index in [1.807, 2.05) is 12.2 Å². The molecule has 1 fully saturated rings. The Morgan fingerprint density at radius 1 is 1.11 bits per heavy atom. The van der Waals surface area contributed by atoms with Crippen LogP contribution in [0.3, 0.4) is 0 Å². The summed E-state index contributed by atoms with van der Waals surface area (Å²) in [6.45, 7) is 0. The number of nitrogens with zero attached hydrogens (tertiary/aromatic N) is 2. The molecule has 1 aromatic heterocycles. The average Bonchev–Trinajstić information content (AvgIpc) is 2.63. The van der Waals surface area contributed by atoms with Crippen LogP contribution in [0, 0.1) is 11.8 Å². The fourth-order valence-corrected chi connectivity index (χ4v) is 2.88. The molecule has 92 valence electrons. The number of anilines is 1. The van der Waals surface area contributed by atoms with Crippen LogP contribution in [0.2, 0.25) is 0 Å². The number of fused-ring (bicyclic) bond motifs is 1. The third-order valence-electron chi connectivity index (χ3n) is 3.44. The van der Waals surface area contributed by atoms with Gasteiger partial charge in [0.05, 0.1) is 11.8 Å². The first-order valence-corrected chi connectivity index (χ1v) is 6.63. The SMILES string of the molecule is O=C1C2CC=CCC2C(=O)N1c1cccc(Br)n1. The summed E-state index contributed by atoms with van der Waals surface area (Å²) in [4.78, 5) is 30.0. The van der Waals surface area contributed by atoms with Crippen LogP contribution in [-0.4, -0.2) is 16.8 Å². The molecule has 1 aliphatic heterocycles. The van der Waals surface area contributed by atoms with Crippen LogP contribution in [0.15, 0.2) is 35.0 Å². The van der Waals surface area contributed by atoms with Gasteiger partial charge in [-0.15, -0.1) is 0 Å². The summed E-state index contributed by atoms with van der Waals surface area (Å²) in [5.41, 5.74) is 0. The second kappa shape index (κ2) is 4.31. The lowest BCUT2D eigenvalue weighted by Crippen LogP contribution is -2.31. The van der Waals surface area contributed by atoms with Gasteiger partial charge in [0.15, 0.2) is 0 Å². The molecule has 5 heteroatoms. The monoisotopic (exact) mass is 306 g/mol. The third kappa shape index (κ3) is 1.70. The summed E-state index contributed by atoms with van der Waals surface area (Å²) in [5.74, 6) is -0.250. The number of imide groups is 1. The van der Waals surface area contributed by atoms with Crippen LogP contribution >= 0.6 is 15.9 Å². The average molecular weight is 307 g/mol. The Balaban J connectivity index is 1.99. The molecule has 4 nitrogen and oxygen atoms in total. The first-order chi connectivity index (χ1) is 8.68. The van der Waals surface area contributed by atoms with Crippen molar-refractivity contribution in [3.8, 4) is 0 Å². The molecular formula is C13H11BrN2O2. The molecule has 0 radical (unpaired) electrons. The first-order valence-electron chi connectivity index (χ1n) is 5.84. The highest BCUT2D eigenvalue weighted by atomic mass is 79.9. The molecule has 2 aliphatic rings. The molecular weight excluding hydrogens is 296 g/mol. The van der Waals surface area contributed by atoms with E-state index in [0.717, 1.165) is 0 Å². The lowest BCUT2D eigenvalue weighted by atomic mass is 9.85. The number of amides is 2. The summed E-state index contributed by atoms with van der Waals surface area (Å²) < 4.78 is 0.619. The Morgan fingerprint density at radius 2 is 1.72 bits per heavy atom. The molecule has 0 saturated carbocycles. The largest absolute Gasteiger partial charge is 0.274 e. The van der Waals surface area contributed by atoms with E-state index in [9.17, 15) is 9.59 Å². The number of hydrogen-bond donors (Lipinski definition) is 0. The van der Waals surface area contributed by atoms with Crippen LogP contribution < -0.4 is 4.90 Å². The van der Waals surface area contributed by atoms with E-state index in [0.29, 0.717) is 23.3 Å². The molecule has 1 aromatic rings. The number of carbonyl (C=O) groups excluding carboxylic acids is 2. The van der Waals surface area contributed by atoms with Gasteiger partial charge in [-0.05, 0) is 40.9 Å². The maximum atomic E-state index is 12.3. The van der Waals surface area contributed by atoms with Crippen LogP contribution in [0.25, 0.3) is 0 Å². The molecule has 1 aliphatic carbocycles. The van der Waals surface area contributed by atoms with Gasteiger partial charge in [0.25, 0.3) is 0 Å². The van der Waals surface area contributed by atoms with Gasteiger partial charge >= 0.3 is 0 Å². The van der Waals surface area contributed by atoms with Crippen molar-refractivity contribution in [2.24, 2.45) is 11.8 Å². The van der Waals surface area contributed by atoms with E-state index < -0.39 is 0 Å². The minimum Gasteiger partial charge on any atom is -0.274 e. The van der Waals surface area contributed by atoms with Gasteiger partial charge in [-0.1, -0.05) is 18.2 Å². The molecule has 2 heterocycles. The van der Waals surface area contributed by atoms with Gasteiger partial charge in [0.2, 0.25) is 11.8 Å². The number of carbonyl (C=O) groups is 2. The molecule has 18 heavy (non-hydrogen) atoms. The minimum absolute atomic E-state index is 0.125. The van der Waals surface area contributed by atoms with E-state index in [-0.39, 0.29) is 23.7 Å². The summed E-state index contributed by atoms with van der Waals surface area (Å²) in [5, 5.41) is 0. The molecule has 1 saturated heterocycles. The topological polar surface area (TPSA) is 50.3 Å². The minimum atomic E-state index is -0.205. The maximum absolute atomic E-state index is 12.3. The normalized spacial score (nSPS) is 26.6. The van der Waals surface area contributed by atoms with Crippen LogP contribution in [-0.2, 0) is 9.59 Å². The van der Waals surface area contributed by atoms with Crippen molar-refractivity contribution < 1.29 is 9.59 Å². The molecule has 0 N–H and O–H groups in total. The van der Waals surface area contributed by atoms with E-state index in [2.05, 4.69) is 20.9 Å². The number of allylic oxidation sites excluding steroid dienone is 2. The predicted molar refractivity (Wildman–Crippen MR) is 69.8 cm³/mol. The van der Waals surface area contributed by atoms with Crippen molar-refractivity contribution in [3.63, 3.8) is 0 Å². The molecule has 0 bridgehead atoms. The smallest absolute Gasteiger partial charge is 0.239 e. The molecule has 3 rings (SSSR count). The number of rotatable bonds is 1. The lowest BCUT2D eigenvalue weighted by molar-refractivity contribution is -0.122. The fraction of sp³-hybridized carbons (Fsp3) is 0.308.